The van der Waals surface area contributed by atoms with E-state index in [9.17, 15) is 9.59 Å². The van der Waals surface area contributed by atoms with Crippen molar-refractivity contribution >= 4 is 11.9 Å². The van der Waals surface area contributed by atoms with Crippen LogP contribution < -0.4 is 5.73 Å². The number of hydrogen-bond acceptors (Lipinski definition) is 4. The molecule has 7 heteroatoms. The van der Waals surface area contributed by atoms with Crippen LogP contribution in [0.4, 0.5) is 0 Å². The van der Waals surface area contributed by atoms with Gasteiger partial charge in [-0.3, -0.25) is 19.2 Å². The van der Waals surface area contributed by atoms with Crippen LogP contribution in [-0.2, 0) is 22.7 Å². The number of primary amides is 1. The second-order valence-electron chi connectivity index (χ2n) is 5.55. The first-order valence-electron chi connectivity index (χ1n) is 7.30. The topological polar surface area (TPSA) is 101 Å². The summed E-state index contributed by atoms with van der Waals surface area (Å²) in [7, 11) is 0. The van der Waals surface area contributed by atoms with Crippen molar-refractivity contribution in [2.75, 3.05) is 6.54 Å². The van der Waals surface area contributed by atoms with Gasteiger partial charge in [0.15, 0.2) is 0 Å². The zero-order valence-electron chi connectivity index (χ0n) is 12.1. The van der Waals surface area contributed by atoms with Crippen molar-refractivity contribution in [3.63, 3.8) is 0 Å². The fourth-order valence-electron chi connectivity index (χ4n) is 2.79. The number of carboxylic acids is 1. The standard InChI is InChI=1S/C14H22N4O3/c15-13(19)7-12-3-1-2-5-17(12)9-11-8-16-18(10-11)6-4-14(20)21/h8,10,12H,1-7,9H2,(H2,15,19)(H,20,21). The van der Waals surface area contributed by atoms with Crippen LogP contribution in [0, 0.1) is 0 Å². The van der Waals surface area contributed by atoms with Crippen molar-refractivity contribution in [2.24, 2.45) is 5.73 Å². The first kappa shape index (κ1) is 15.5. The Morgan fingerprint density at radius 2 is 2.24 bits per heavy atom. The lowest BCUT2D eigenvalue weighted by atomic mass is 9.98. The molecule has 116 valence electrons. The number of nitrogens with two attached hydrogens (primary N) is 1. The fraction of sp³-hybridized carbons (Fsp3) is 0.643. The molecule has 0 aliphatic carbocycles. The molecule has 3 N–H and O–H groups in total. The van der Waals surface area contributed by atoms with Gasteiger partial charge < -0.3 is 10.8 Å². The summed E-state index contributed by atoms with van der Waals surface area (Å²) in [5.74, 6) is -1.09. The monoisotopic (exact) mass is 294 g/mol. The van der Waals surface area contributed by atoms with Gasteiger partial charge in [0.25, 0.3) is 0 Å². The van der Waals surface area contributed by atoms with Crippen LogP contribution in [0.2, 0.25) is 0 Å². The van der Waals surface area contributed by atoms with Gasteiger partial charge in [-0.1, -0.05) is 6.42 Å². The van der Waals surface area contributed by atoms with E-state index in [1.54, 1.807) is 10.9 Å². The quantitative estimate of drug-likeness (QED) is 0.766. The molecule has 0 saturated carbocycles. The molecular formula is C14H22N4O3. The SMILES string of the molecule is NC(=O)CC1CCCCN1Cc1cnn(CCC(=O)O)c1. The summed E-state index contributed by atoms with van der Waals surface area (Å²) in [6.07, 6.45) is 7.35. The molecule has 2 rings (SSSR count). The molecule has 1 atom stereocenters. The molecule has 1 fully saturated rings. The molecule has 21 heavy (non-hydrogen) atoms. The molecule has 0 spiro atoms. The number of aliphatic carboxylic acids is 1. The number of carbonyl (C=O) groups is 2. The molecular weight excluding hydrogens is 272 g/mol. The van der Waals surface area contributed by atoms with Crippen LogP contribution in [0.3, 0.4) is 0 Å². The van der Waals surface area contributed by atoms with Crippen LogP contribution in [0.25, 0.3) is 0 Å². The molecule has 1 aromatic heterocycles. The Morgan fingerprint density at radius 1 is 1.43 bits per heavy atom. The normalized spacial score (nSPS) is 19.5. The largest absolute Gasteiger partial charge is 0.481 e. The lowest BCUT2D eigenvalue weighted by Gasteiger charge is -2.34. The molecule has 1 aliphatic rings. The lowest BCUT2D eigenvalue weighted by molar-refractivity contribution is -0.137. The van der Waals surface area contributed by atoms with Gasteiger partial charge in [0.1, 0.15) is 0 Å². The van der Waals surface area contributed by atoms with Crippen molar-refractivity contribution in [3.8, 4) is 0 Å². The summed E-state index contributed by atoms with van der Waals surface area (Å²) >= 11 is 0. The average Bonchev–Trinajstić information content (AvgIpc) is 2.86. The number of carboxylic acid groups (broad SMARTS) is 1. The van der Waals surface area contributed by atoms with Crippen molar-refractivity contribution < 1.29 is 14.7 Å². The molecule has 1 aromatic rings. The van der Waals surface area contributed by atoms with Crippen molar-refractivity contribution in [1.29, 1.82) is 0 Å². The van der Waals surface area contributed by atoms with Gasteiger partial charge in [-0.2, -0.15) is 5.10 Å². The third-order valence-electron chi connectivity index (χ3n) is 3.81. The molecule has 0 aromatic carbocycles. The molecule has 1 aliphatic heterocycles. The molecule has 2 heterocycles. The Hall–Kier alpha value is -1.89. The molecule has 1 saturated heterocycles. The molecule has 7 nitrogen and oxygen atoms in total. The highest BCUT2D eigenvalue weighted by Gasteiger charge is 2.24. The number of hydrogen-bond donors (Lipinski definition) is 2. The van der Waals surface area contributed by atoms with E-state index in [2.05, 4.69) is 10.00 Å². The van der Waals surface area contributed by atoms with Gasteiger partial charge in [-0.25, -0.2) is 0 Å². The third kappa shape index (κ3) is 4.86. The smallest absolute Gasteiger partial charge is 0.305 e. The van der Waals surface area contributed by atoms with Gasteiger partial charge in [0.2, 0.25) is 5.91 Å². The number of amides is 1. The summed E-state index contributed by atoms with van der Waals surface area (Å²) in [5, 5.41) is 12.8. The van der Waals surface area contributed by atoms with Gasteiger partial charge in [0, 0.05) is 30.8 Å². The summed E-state index contributed by atoms with van der Waals surface area (Å²) in [6, 6.07) is 0.207. The second-order valence-corrected chi connectivity index (χ2v) is 5.55. The maximum atomic E-state index is 11.1. The predicted molar refractivity (Wildman–Crippen MR) is 76.3 cm³/mol. The van der Waals surface area contributed by atoms with E-state index in [1.165, 1.54) is 0 Å². The van der Waals surface area contributed by atoms with Crippen molar-refractivity contribution in [1.82, 2.24) is 14.7 Å². The predicted octanol–water partition coefficient (Wildman–Crippen LogP) is 0.588. The van der Waals surface area contributed by atoms with Crippen LogP contribution in [0.15, 0.2) is 12.4 Å². The Balaban J connectivity index is 1.92. The van der Waals surface area contributed by atoms with Crippen LogP contribution >= 0.6 is 0 Å². The highest BCUT2D eigenvalue weighted by atomic mass is 16.4. The first-order valence-corrected chi connectivity index (χ1v) is 7.30. The Morgan fingerprint density at radius 3 is 2.95 bits per heavy atom. The van der Waals surface area contributed by atoms with Gasteiger partial charge >= 0.3 is 5.97 Å². The first-order chi connectivity index (χ1) is 10.0. The number of nitrogens with zero attached hydrogens (tertiary/aromatic N) is 3. The lowest BCUT2D eigenvalue weighted by Crippen LogP contribution is -2.41. The van der Waals surface area contributed by atoms with E-state index >= 15 is 0 Å². The summed E-state index contributed by atoms with van der Waals surface area (Å²) in [4.78, 5) is 24.0. The molecule has 0 bridgehead atoms. The summed E-state index contributed by atoms with van der Waals surface area (Å²) in [6.45, 7) is 2.06. The number of rotatable bonds is 7. The van der Waals surface area contributed by atoms with E-state index < -0.39 is 5.97 Å². The van der Waals surface area contributed by atoms with Crippen molar-refractivity contribution in [2.45, 2.75) is 51.2 Å². The van der Waals surface area contributed by atoms with Gasteiger partial charge in [0.05, 0.1) is 19.2 Å². The minimum atomic E-state index is -0.829. The second kappa shape index (κ2) is 7.21. The number of carbonyl (C=O) groups excluding carboxylic acids is 1. The summed E-state index contributed by atoms with van der Waals surface area (Å²) < 4.78 is 1.65. The zero-order chi connectivity index (χ0) is 15.2. The van der Waals surface area contributed by atoms with E-state index in [0.717, 1.165) is 37.9 Å². The average molecular weight is 294 g/mol. The van der Waals surface area contributed by atoms with Crippen LogP contribution in [0.1, 0.15) is 37.7 Å². The maximum absolute atomic E-state index is 11.1. The van der Waals surface area contributed by atoms with Gasteiger partial charge in [-0.15, -0.1) is 0 Å². The Labute approximate surface area is 123 Å². The number of aromatic nitrogens is 2. The molecule has 1 amide bonds. The van der Waals surface area contributed by atoms with E-state index in [4.69, 9.17) is 10.8 Å². The molecule has 1 unspecified atom stereocenters. The van der Waals surface area contributed by atoms with Crippen LogP contribution in [0.5, 0.6) is 0 Å². The van der Waals surface area contributed by atoms with Crippen LogP contribution in [-0.4, -0.2) is 44.3 Å². The van der Waals surface area contributed by atoms with Gasteiger partial charge in [-0.05, 0) is 19.4 Å². The van der Waals surface area contributed by atoms with E-state index in [-0.39, 0.29) is 18.4 Å². The van der Waals surface area contributed by atoms with E-state index in [1.807, 2.05) is 6.20 Å². The summed E-state index contributed by atoms with van der Waals surface area (Å²) in [5.41, 5.74) is 6.35. The highest BCUT2D eigenvalue weighted by molar-refractivity contribution is 5.74. The Bertz CT molecular complexity index is 500. The number of likely N-dealkylation sites (tertiary alicyclic amines) is 1. The number of piperidine rings is 1. The van der Waals surface area contributed by atoms with E-state index in [0.29, 0.717) is 13.0 Å². The minimum absolute atomic E-state index is 0.0646. The zero-order valence-corrected chi connectivity index (χ0v) is 12.1. The van der Waals surface area contributed by atoms with Crippen molar-refractivity contribution in [3.05, 3.63) is 18.0 Å². The third-order valence-corrected chi connectivity index (χ3v) is 3.81. The maximum Gasteiger partial charge on any atom is 0.305 e. The fourth-order valence-corrected chi connectivity index (χ4v) is 2.79. The highest BCUT2D eigenvalue weighted by Crippen LogP contribution is 2.21. The molecule has 0 radical (unpaired) electrons. The Kier molecular flexibility index (Phi) is 5.32. The minimum Gasteiger partial charge on any atom is -0.481 e. The number of aryl methyl sites for hydroxylation is 1.